The van der Waals surface area contributed by atoms with E-state index in [0.717, 1.165) is 31.2 Å². The van der Waals surface area contributed by atoms with Crippen LogP contribution in [-0.4, -0.2) is 41.9 Å². The Morgan fingerprint density at radius 3 is 2.79 bits per heavy atom. The number of anilines is 1. The third-order valence-electron chi connectivity index (χ3n) is 4.47. The number of aromatic nitrogens is 1. The van der Waals surface area contributed by atoms with Crippen molar-refractivity contribution in [3.05, 3.63) is 11.6 Å². The zero-order valence-electron chi connectivity index (χ0n) is 11.3. The number of thiazole rings is 1. The maximum atomic E-state index is 9.83. The normalized spacial score (nSPS) is 29.0. The van der Waals surface area contributed by atoms with Crippen molar-refractivity contribution in [1.29, 1.82) is 0 Å². The van der Waals surface area contributed by atoms with Crippen molar-refractivity contribution in [2.45, 2.75) is 44.2 Å². The number of hydrogen-bond donors (Lipinski definition) is 2. The molecule has 0 spiro atoms. The number of rotatable bonds is 4. The summed E-state index contributed by atoms with van der Waals surface area (Å²) in [5.74, 6) is 0.483. The first-order chi connectivity index (χ1) is 9.33. The molecule has 3 rings (SSSR count). The molecule has 0 unspecified atom stereocenters. The van der Waals surface area contributed by atoms with Gasteiger partial charge in [-0.15, -0.1) is 11.3 Å². The second kappa shape index (κ2) is 6.20. The maximum absolute atomic E-state index is 9.83. The molecule has 106 valence electrons. The highest BCUT2D eigenvalue weighted by atomic mass is 32.1. The van der Waals surface area contributed by atoms with Crippen LogP contribution in [0.25, 0.3) is 0 Å². The quantitative estimate of drug-likeness (QED) is 0.884. The Labute approximate surface area is 118 Å². The minimum absolute atomic E-state index is 0.0668. The summed E-state index contributed by atoms with van der Waals surface area (Å²) in [6.45, 7) is 3.18. The lowest BCUT2D eigenvalue weighted by atomic mass is 10.0. The van der Waals surface area contributed by atoms with Crippen molar-refractivity contribution in [1.82, 2.24) is 10.3 Å². The zero-order chi connectivity index (χ0) is 13.1. The molecule has 19 heavy (non-hydrogen) atoms. The highest BCUT2D eigenvalue weighted by Gasteiger charge is 2.26. The first kappa shape index (κ1) is 13.3. The number of aliphatic hydroxyl groups excluding tert-OH is 1. The SMILES string of the molecule is O[C@@H]1CCC[C@@H]1CNC1CCN(c2nccs2)CC1. The van der Waals surface area contributed by atoms with Crippen molar-refractivity contribution >= 4 is 16.5 Å². The highest BCUT2D eigenvalue weighted by molar-refractivity contribution is 7.13. The highest BCUT2D eigenvalue weighted by Crippen LogP contribution is 2.26. The van der Waals surface area contributed by atoms with Crippen molar-refractivity contribution in [3.8, 4) is 0 Å². The van der Waals surface area contributed by atoms with Gasteiger partial charge in [0.1, 0.15) is 0 Å². The monoisotopic (exact) mass is 281 g/mol. The standard InChI is InChI=1S/C14H23N3OS/c18-13-3-1-2-11(13)10-16-12-4-7-17(8-5-12)14-15-6-9-19-14/h6,9,11-13,16,18H,1-5,7-8,10H2/t11-,13-/m1/s1. The molecule has 2 atom stereocenters. The Morgan fingerprint density at radius 1 is 1.32 bits per heavy atom. The van der Waals surface area contributed by atoms with E-state index >= 15 is 0 Å². The fraction of sp³-hybridized carbons (Fsp3) is 0.786. The van der Waals surface area contributed by atoms with Gasteiger partial charge in [-0.05, 0) is 31.6 Å². The van der Waals surface area contributed by atoms with Gasteiger partial charge in [0.25, 0.3) is 0 Å². The Hall–Kier alpha value is -0.650. The summed E-state index contributed by atoms with van der Waals surface area (Å²) < 4.78 is 0. The summed E-state index contributed by atoms with van der Waals surface area (Å²) in [5.41, 5.74) is 0. The number of aliphatic hydroxyl groups is 1. The van der Waals surface area contributed by atoms with Gasteiger partial charge in [-0.1, -0.05) is 6.42 Å². The predicted molar refractivity (Wildman–Crippen MR) is 78.7 cm³/mol. The minimum Gasteiger partial charge on any atom is -0.393 e. The van der Waals surface area contributed by atoms with Crippen LogP contribution in [0, 0.1) is 5.92 Å². The zero-order valence-corrected chi connectivity index (χ0v) is 12.1. The smallest absolute Gasteiger partial charge is 0.185 e. The average Bonchev–Trinajstić information content (AvgIpc) is 3.09. The summed E-state index contributed by atoms with van der Waals surface area (Å²) in [7, 11) is 0. The van der Waals surface area contributed by atoms with E-state index in [4.69, 9.17) is 0 Å². The topological polar surface area (TPSA) is 48.4 Å². The van der Waals surface area contributed by atoms with Crippen molar-refractivity contribution in [2.24, 2.45) is 5.92 Å². The van der Waals surface area contributed by atoms with Crippen molar-refractivity contribution in [3.63, 3.8) is 0 Å². The van der Waals surface area contributed by atoms with E-state index in [1.807, 2.05) is 11.6 Å². The molecule has 0 amide bonds. The molecular formula is C14H23N3OS. The number of hydrogen-bond acceptors (Lipinski definition) is 5. The molecule has 5 heteroatoms. The van der Waals surface area contributed by atoms with Gasteiger partial charge in [-0.25, -0.2) is 4.98 Å². The molecule has 1 saturated carbocycles. The molecule has 2 heterocycles. The summed E-state index contributed by atoms with van der Waals surface area (Å²) in [6, 6.07) is 0.615. The van der Waals surface area contributed by atoms with Gasteiger partial charge in [0, 0.05) is 37.3 Å². The number of nitrogens with one attached hydrogen (secondary N) is 1. The molecule has 1 aromatic rings. The first-order valence-electron chi connectivity index (χ1n) is 7.39. The fourth-order valence-corrected chi connectivity index (χ4v) is 3.92. The van der Waals surface area contributed by atoms with Crippen LogP contribution >= 0.6 is 11.3 Å². The molecule has 0 radical (unpaired) electrons. The van der Waals surface area contributed by atoms with Crippen LogP contribution in [0.4, 0.5) is 5.13 Å². The van der Waals surface area contributed by atoms with Gasteiger partial charge in [0.05, 0.1) is 6.10 Å². The molecule has 2 fully saturated rings. The number of piperidine rings is 1. The van der Waals surface area contributed by atoms with Crippen LogP contribution in [0.3, 0.4) is 0 Å². The van der Waals surface area contributed by atoms with Crippen LogP contribution in [0.15, 0.2) is 11.6 Å². The summed E-state index contributed by atoms with van der Waals surface area (Å²) >= 11 is 1.73. The van der Waals surface area contributed by atoms with Gasteiger partial charge < -0.3 is 15.3 Å². The molecule has 2 aliphatic rings. The molecule has 4 nitrogen and oxygen atoms in total. The van der Waals surface area contributed by atoms with Crippen LogP contribution in [0.5, 0.6) is 0 Å². The molecule has 0 aromatic carbocycles. The van der Waals surface area contributed by atoms with E-state index in [1.165, 1.54) is 25.7 Å². The molecule has 2 N–H and O–H groups in total. The van der Waals surface area contributed by atoms with Crippen LogP contribution in [-0.2, 0) is 0 Å². The second-order valence-electron chi connectivity index (χ2n) is 5.74. The summed E-state index contributed by atoms with van der Waals surface area (Å²) in [4.78, 5) is 6.76. The van der Waals surface area contributed by atoms with E-state index in [2.05, 4.69) is 15.2 Å². The van der Waals surface area contributed by atoms with Crippen LogP contribution in [0.1, 0.15) is 32.1 Å². The third-order valence-corrected chi connectivity index (χ3v) is 5.30. The molecule has 1 saturated heterocycles. The van der Waals surface area contributed by atoms with Gasteiger partial charge >= 0.3 is 0 Å². The third kappa shape index (κ3) is 3.27. The van der Waals surface area contributed by atoms with E-state index in [9.17, 15) is 5.11 Å². The molecule has 1 aliphatic carbocycles. The Morgan fingerprint density at radius 2 is 2.16 bits per heavy atom. The van der Waals surface area contributed by atoms with Gasteiger partial charge in [0.15, 0.2) is 5.13 Å². The lowest BCUT2D eigenvalue weighted by molar-refractivity contribution is 0.129. The van der Waals surface area contributed by atoms with E-state index in [0.29, 0.717) is 12.0 Å². The van der Waals surface area contributed by atoms with Gasteiger partial charge in [0.2, 0.25) is 0 Å². The fourth-order valence-electron chi connectivity index (χ4n) is 3.22. The van der Waals surface area contributed by atoms with Gasteiger partial charge in [-0.2, -0.15) is 0 Å². The average molecular weight is 281 g/mol. The summed E-state index contributed by atoms with van der Waals surface area (Å²) in [5, 5.41) is 16.7. The van der Waals surface area contributed by atoms with Crippen LogP contribution in [0.2, 0.25) is 0 Å². The maximum Gasteiger partial charge on any atom is 0.185 e. The minimum atomic E-state index is -0.0668. The second-order valence-corrected chi connectivity index (χ2v) is 6.62. The predicted octanol–water partition coefficient (Wildman–Crippen LogP) is 1.86. The molecular weight excluding hydrogens is 258 g/mol. The van der Waals surface area contributed by atoms with Gasteiger partial charge in [-0.3, -0.25) is 0 Å². The largest absolute Gasteiger partial charge is 0.393 e. The first-order valence-corrected chi connectivity index (χ1v) is 8.27. The summed E-state index contributed by atoms with van der Waals surface area (Å²) in [6.07, 6.45) is 7.55. The van der Waals surface area contributed by atoms with Crippen molar-refractivity contribution in [2.75, 3.05) is 24.5 Å². The molecule has 0 bridgehead atoms. The van der Waals surface area contributed by atoms with E-state index < -0.39 is 0 Å². The van der Waals surface area contributed by atoms with E-state index in [-0.39, 0.29) is 6.10 Å². The Kier molecular flexibility index (Phi) is 4.35. The van der Waals surface area contributed by atoms with E-state index in [1.54, 1.807) is 11.3 Å². The van der Waals surface area contributed by atoms with Crippen LogP contribution < -0.4 is 10.2 Å². The molecule has 1 aromatic heterocycles. The lowest BCUT2D eigenvalue weighted by Crippen LogP contribution is -2.44. The number of nitrogens with zero attached hydrogens (tertiary/aromatic N) is 2. The Balaban J connectivity index is 1.41. The lowest BCUT2D eigenvalue weighted by Gasteiger charge is -2.33. The Bertz CT molecular complexity index is 376. The van der Waals surface area contributed by atoms with Crippen molar-refractivity contribution < 1.29 is 5.11 Å². The molecule has 1 aliphatic heterocycles.